The van der Waals surface area contributed by atoms with Crippen LogP contribution in [-0.2, 0) is 4.79 Å². The molecule has 4 rings (SSSR count). The fraction of sp³-hybridized carbons (Fsp3) is 0.150. The van der Waals surface area contributed by atoms with Gasteiger partial charge >= 0.3 is 0 Å². The number of carbonyl (C=O) groups excluding carboxylic acids is 1. The maximum atomic E-state index is 12.9. The molecule has 134 valence electrons. The number of nitrogens with two attached hydrogens (primary N) is 1. The molecule has 6 heteroatoms. The minimum atomic E-state index is -0.692. The van der Waals surface area contributed by atoms with E-state index in [2.05, 4.69) is 15.7 Å². The quantitative estimate of drug-likeness (QED) is 0.709. The van der Waals surface area contributed by atoms with E-state index >= 15 is 0 Å². The number of halogens is 2. The highest BCUT2D eigenvalue weighted by Gasteiger charge is 2.38. The van der Waals surface area contributed by atoms with E-state index < -0.39 is 12.0 Å². The summed E-state index contributed by atoms with van der Waals surface area (Å²) in [5.74, 6) is 0.0763. The van der Waals surface area contributed by atoms with Gasteiger partial charge in [-0.2, -0.15) is 0 Å². The van der Waals surface area contributed by atoms with Crippen molar-refractivity contribution in [2.75, 3.05) is 0 Å². The van der Waals surface area contributed by atoms with Crippen molar-refractivity contribution in [1.29, 1.82) is 0 Å². The van der Waals surface area contributed by atoms with Crippen molar-refractivity contribution in [2.45, 2.75) is 18.5 Å². The Balaban J connectivity index is 0.000000225. The highest BCUT2D eigenvalue weighted by molar-refractivity contribution is 5.55. The van der Waals surface area contributed by atoms with Crippen LogP contribution in [0.3, 0.4) is 0 Å². The molecule has 0 aliphatic heterocycles. The molecule has 0 saturated heterocycles. The summed E-state index contributed by atoms with van der Waals surface area (Å²) in [7, 11) is 0. The summed E-state index contributed by atoms with van der Waals surface area (Å²) in [4.78, 5) is 16.4. The molecule has 1 saturated carbocycles. The third-order valence-corrected chi connectivity index (χ3v) is 3.60. The van der Waals surface area contributed by atoms with Crippen molar-refractivity contribution in [3.05, 3.63) is 84.4 Å². The topological polar surface area (TPSA) is 68.9 Å². The molecule has 26 heavy (non-hydrogen) atoms. The van der Waals surface area contributed by atoms with Crippen molar-refractivity contribution in [3.63, 3.8) is 0 Å². The first-order valence-electron chi connectivity index (χ1n) is 8.03. The van der Waals surface area contributed by atoms with E-state index in [1.54, 1.807) is 0 Å². The monoisotopic (exact) mass is 355 g/mol. The van der Waals surface area contributed by atoms with Crippen molar-refractivity contribution >= 4 is 6.41 Å². The van der Waals surface area contributed by atoms with Gasteiger partial charge in [-0.1, -0.05) is 60.7 Å². The van der Waals surface area contributed by atoms with Gasteiger partial charge in [0.1, 0.15) is 6.17 Å². The first kappa shape index (κ1) is 19.2. The smallest absolute Gasteiger partial charge is 0.204 e. The molecule has 1 amide bonds. The molecule has 1 aliphatic rings. The lowest BCUT2D eigenvalue weighted by molar-refractivity contribution is -0.106. The Bertz CT molecular complexity index is 754. The molecule has 2 unspecified atom stereocenters. The molecule has 1 aromatic heterocycles. The maximum Gasteiger partial charge on any atom is 0.204 e. The van der Waals surface area contributed by atoms with Crippen molar-refractivity contribution in [3.8, 4) is 11.4 Å². The Morgan fingerprint density at radius 3 is 1.77 bits per heavy atom. The summed E-state index contributed by atoms with van der Waals surface area (Å²) in [5, 5.41) is 0. The number of nitrogens with zero attached hydrogens (tertiary/aromatic N) is 2. The number of hydrogen-bond acceptors (Lipinski definition) is 3. The number of alkyl halides is 1. The molecule has 3 aromatic rings. The van der Waals surface area contributed by atoms with Gasteiger partial charge < -0.3 is 5.73 Å². The van der Waals surface area contributed by atoms with Gasteiger partial charge in [0.05, 0.1) is 12.4 Å². The fourth-order valence-corrected chi connectivity index (χ4v) is 2.23. The SMILES string of the molecule is Fc1cnc(-c2ccc(C3CC3F)cc2)nc1.NC=O.c1ccccc1. The second kappa shape index (κ2) is 9.98. The van der Waals surface area contributed by atoms with Crippen LogP contribution in [0.5, 0.6) is 0 Å². The number of benzene rings is 2. The van der Waals surface area contributed by atoms with Crippen LogP contribution >= 0.6 is 0 Å². The highest BCUT2D eigenvalue weighted by atomic mass is 19.1. The molecule has 2 atom stereocenters. The summed E-state index contributed by atoms with van der Waals surface area (Å²) in [6.07, 6.45) is 2.44. The summed E-state index contributed by atoms with van der Waals surface area (Å²) in [5.41, 5.74) is 5.98. The van der Waals surface area contributed by atoms with Crippen molar-refractivity contribution in [1.82, 2.24) is 9.97 Å². The third kappa shape index (κ3) is 6.05. The fourth-order valence-electron chi connectivity index (χ4n) is 2.23. The van der Waals surface area contributed by atoms with Crippen LogP contribution in [0.2, 0.25) is 0 Å². The average molecular weight is 355 g/mol. The zero-order chi connectivity index (χ0) is 18.8. The van der Waals surface area contributed by atoms with Crippen LogP contribution in [0.4, 0.5) is 8.78 Å². The van der Waals surface area contributed by atoms with E-state index in [0.29, 0.717) is 12.2 Å². The van der Waals surface area contributed by atoms with Gasteiger partial charge in [-0.3, -0.25) is 4.79 Å². The number of hydrogen-bond donors (Lipinski definition) is 1. The summed E-state index contributed by atoms with van der Waals surface area (Å²) in [6, 6.07) is 19.4. The Morgan fingerprint density at radius 1 is 0.962 bits per heavy atom. The van der Waals surface area contributed by atoms with Gasteiger partial charge in [-0.05, 0) is 12.0 Å². The molecule has 1 fully saturated rings. The van der Waals surface area contributed by atoms with E-state index in [-0.39, 0.29) is 12.3 Å². The predicted molar refractivity (Wildman–Crippen MR) is 96.4 cm³/mol. The zero-order valence-corrected chi connectivity index (χ0v) is 14.0. The van der Waals surface area contributed by atoms with Crippen LogP contribution in [0.25, 0.3) is 11.4 Å². The number of aromatic nitrogens is 2. The molecule has 0 radical (unpaired) electrons. The minimum absolute atomic E-state index is 0.0539. The van der Waals surface area contributed by atoms with Gasteiger partial charge in [0.25, 0.3) is 0 Å². The lowest BCUT2D eigenvalue weighted by Crippen LogP contribution is -1.90. The normalized spacial score (nSPS) is 17.0. The van der Waals surface area contributed by atoms with Crippen molar-refractivity contribution in [2.24, 2.45) is 5.73 Å². The lowest BCUT2D eigenvalue weighted by atomic mass is 10.1. The lowest BCUT2D eigenvalue weighted by Gasteiger charge is -2.01. The van der Waals surface area contributed by atoms with Crippen LogP contribution in [-0.4, -0.2) is 22.5 Å². The second-order valence-corrected chi connectivity index (χ2v) is 5.50. The Kier molecular flexibility index (Phi) is 7.36. The van der Waals surface area contributed by atoms with E-state index in [9.17, 15) is 8.78 Å². The zero-order valence-electron chi connectivity index (χ0n) is 14.0. The molecule has 4 nitrogen and oxygen atoms in total. The molecular weight excluding hydrogens is 336 g/mol. The molecule has 2 N–H and O–H groups in total. The largest absolute Gasteiger partial charge is 0.372 e. The highest BCUT2D eigenvalue weighted by Crippen LogP contribution is 2.43. The number of amides is 1. The summed E-state index contributed by atoms with van der Waals surface area (Å²) in [6.45, 7) is 0. The summed E-state index contributed by atoms with van der Waals surface area (Å²) < 4.78 is 25.5. The maximum absolute atomic E-state index is 12.9. The van der Waals surface area contributed by atoms with E-state index in [0.717, 1.165) is 23.5 Å². The van der Waals surface area contributed by atoms with E-state index in [4.69, 9.17) is 4.79 Å². The molecule has 1 heterocycles. The van der Waals surface area contributed by atoms with E-state index in [1.165, 1.54) is 0 Å². The van der Waals surface area contributed by atoms with Gasteiger partial charge in [-0.25, -0.2) is 18.7 Å². The predicted octanol–water partition coefficient (Wildman–Crippen LogP) is 3.90. The first-order valence-corrected chi connectivity index (χ1v) is 8.03. The summed E-state index contributed by atoms with van der Waals surface area (Å²) >= 11 is 0. The number of primary amides is 1. The number of rotatable bonds is 2. The van der Waals surface area contributed by atoms with Crippen LogP contribution in [0.1, 0.15) is 17.9 Å². The van der Waals surface area contributed by atoms with Crippen LogP contribution in [0, 0.1) is 5.82 Å². The number of carbonyl (C=O) groups is 1. The molecule has 0 spiro atoms. The van der Waals surface area contributed by atoms with Crippen LogP contribution < -0.4 is 5.73 Å². The Morgan fingerprint density at radius 2 is 1.38 bits per heavy atom. The van der Waals surface area contributed by atoms with Crippen molar-refractivity contribution < 1.29 is 13.6 Å². The van der Waals surface area contributed by atoms with Gasteiger partial charge in [0, 0.05) is 11.5 Å². The van der Waals surface area contributed by atoms with Gasteiger partial charge in [0.15, 0.2) is 11.6 Å². The Hall–Kier alpha value is -3.15. The standard InChI is InChI=1S/C13H10F2N2.C6H6.CH3NO/c14-10-6-16-13(17-7-10)9-3-1-8(2-4-9)11-5-12(11)15;1-2-4-6-5-3-1;2-1-3/h1-4,6-7,11-12H,5H2;1-6H;1H,(H2,2,3). The molecule has 1 aliphatic carbocycles. The molecule has 0 bridgehead atoms. The Labute approximate surface area is 150 Å². The van der Waals surface area contributed by atoms with Crippen LogP contribution in [0.15, 0.2) is 73.1 Å². The second-order valence-electron chi connectivity index (χ2n) is 5.50. The molecular formula is C20H19F2N3O. The average Bonchev–Trinajstić information content (AvgIpc) is 3.42. The van der Waals surface area contributed by atoms with Gasteiger partial charge in [-0.15, -0.1) is 0 Å². The van der Waals surface area contributed by atoms with E-state index in [1.807, 2.05) is 60.7 Å². The first-order chi connectivity index (χ1) is 12.7. The minimum Gasteiger partial charge on any atom is -0.372 e. The van der Waals surface area contributed by atoms with Gasteiger partial charge in [0.2, 0.25) is 6.41 Å². The third-order valence-electron chi connectivity index (χ3n) is 3.60. The molecule has 2 aromatic carbocycles.